The fraction of sp³-hybridized carbons (Fsp3) is 0.500. The van der Waals surface area contributed by atoms with Crippen LogP contribution in [0.5, 0.6) is 5.75 Å². The minimum absolute atomic E-state index is 0.112. The molecule has 0 bridgehead atoms. The number of nitrogens with one attached hydrogen (secondary N) is 1. The van der Waals surface area contributed by atoms with Gasteiger partial charge in [-0.25, -0.2) is 0 Å². The minimum atomic E-state index is -0.361. The fourth-order valence-corrected chi connectivity index (χ4v) is 6.34. The zero-order valence-electron chi connectivity index (χ0n) is 18.0. The number of amides is 1. The molecule has 0 unspecified atom stereocenters. The second-order valence-corrected chi connectivity index (χ2v) is 10.7. The first-order valence-electron chi connectivity index (χ1n) is 11.4. The number of hydrogen-bond acceptors (Lipinski definition) is 2. The van der Waals surface area contributed by atoms with Crippen molar-refractivity contribution < 1.29 is 9.53 Å². The van der Waals surface area contributed by atoms with Crippen LogP contribution in [0, 0.1) is 17.3 Å². The van der Waals surface area contributed by atoms with Crippen molar-refractivity contribution in [3.05, 3.63) is 63.6 Å². The van der Waals surface area contributed by atoms with E-state index in [0.29, 0.717) is 5.92 Å². The number of carbonyl (C=O) groups excluding carboxylic acids is 1. The van der Waals surface area contributed by atoms with Crippen LogP contribution in [0.2, 0.25) is 10.0 Å². The topological polar surface area (TPSA) is 38.3 Å². The summed E-state index contributed by atoms with van der Waals surface area (Å²) in [6.07, 6.45) is 4.31. The van der Waals surface area contributed by atoms with E-state index < -0.39 is 0 Å². The normalized spacial score (nSPS) is 32.5. The molecule has 5 rings (SSSR count). The molecule has 1 heterocycles. The molecule has 2 saturated carbocycles. The molecule has 1 N–H and O–H groups in total. The molecule has 1 amide bonds. The molecule has 3 aliphatic rings. The minimum Gasteiger partial charge on any atom is -0.493 e. The quantitative estimate of drug-likeness (QED) is 0.549. The lowest BCUT2D eigenvalue weighted by atomic mass is 9.56. The van der Waals surface area contributed by atoms with Crippen LogP contribution < -0.4 is 10.1 Å². The van der Waals surface area contributed by atoms with E-state index in [1.807, 2.05) is 18.2 Å². The lowest BCUT2D eigenvalue weighted by Gasteiger charge is -2.46. The van der Waals surface area contributed by atoms with Gasteiger partial charge in [-0.2, -0.15) is 0 Å². The Hall–Kier alpha value is -1.71. The highest BCUT2D eigenvalue weighted by Gasteiger charge is 2.57. The van der Waals surface area contributed by atoms with Crippen LogP contribution in [0.4, 0.5) is 0 Å². The van der Waals surface area contributed by atoms with Gasteiger partial charge >= 0.3 is 0 Å². The molecule has 2 aliphatic carbocycles. The van der Waals surface area contributed by atoms with Crippen LogP contribution in [0.3, 0.4) is 0 Å². The summed E-state index contributed by atoms with van der Waals surface area (Å²) in [5.41, 5.74) is 2.01. The molecule has 3 nitrogen and oxygen atoms in total. The van der Waals surface area contributed by atoms with E-state index in [1.54, 1.807) is 0 Å². The maximum atomic E-state index is 12.9. The van der Waals surface area contributed by atoms with Crippen molar-refractivity contribution in [3.63, 3.8) is 0 Å². The SMILES string of the molecule is C[C@H]1NC(=O)[C@]2(C)CC[C@@H](c3ccc(OCC4CC4)cc3Cl)[C@H](c3ccc(Cl)cc3)[C@H]12. The highest BCUT2D eigenvalue weighted by atomic mass is 35.5. The van der Waals surface area contributed by atoms with E-state index in [0.717, 1.165) is 40.8 Å². The summed E-state index contributed by atoms with van der Waals surface area (Å²) in [6, 6.07) is 14.4. The Bertz CT molecular complexity index is 987. The fourth-order valence-electron chi connectivity index (χ4n) is 5.91. The maximum absolute atomic E-state index is 12.9. The average Bonchev–Trinajstić information content (AvgIpc) is 3.54. The van der Waals surface area contributed by atoms with Gasteiger partial charge in [0.25, 0.3) is 0 Å². The van der Waals surface area contributed by atoms with Crippen LogP contribution in [-0.2, 0) is 4.79 Å². The largest absolute Gasteiger partial charge is 0.493 e. The molecule has 5 heteroatoms. The Morgan fingerprint density at radius 3 is 2.52 bits per heavy atom. The second-order valence-electron chi connectivity index (χ2n) is 9.87. The van der Waals surface area contributed by atoms with Crippen molar-refractivity contribution >= 4 is 29.1 Å². The number of ether oxygens (including phenoxy) is 1. The summed E-state index contributed by atoms with van der Waals surface area (Å²) in [6.45, 7) is 5.04. The number of benzene rings is 2. The molecular formula is C26H29Cl2NO2. The van der Waals surface area contributed by atoms with Crippen LogP contribution in [0.1, 0.15) is 62.5 Å². The Morgan fingerprint density at radius 1 is 1.10 bits per heavy atom. The Kier molecular flexibility index (Phi) is 5.46. The van der Waals surface area contributed by atoms with Crippen molar-refractivity contribution in [3.8, 4) is 5.75 Å². The van der Waals surface area contributed by atoms with Crippen molar-refractivity contribution in [2.24, 2.45) is 17.3 Å². The van der Waals surface area contributed by atoms with Gasteiger partial charge in [-0.3, -0.25) is 4.79 Å². The molecule has 3 fully saturated rings. The van der Waals surface area contributed by atoms with Gasteiger partial charge in [-0.1, -0.05) is 48.3 Å². The van der Waals surface area contributed by atoms with E-state index >= 15 is 0 Å². The number of hydrogen-bond donors (Lipinski definition) is 1. The third-order valence-electron chi connectivity index (χ3n) is 7.76. The summed E-state index contributed by atoms with van der Waals surface area (Å²) in [7, 11) is 0. The van der Waals surface area contributed by atoms with E-state index in [-0.39, 0.29) is 35.1 Å². The summed E-state index contributed by atoms with van der Waals surface area (Å²) >= 11 is 13.0. The smallest absolute Gasteiger partial charge is 0.226 e. The van der Waals surface area contributed by atoms with Gasteiger partial charge in [0.2, 0.25) is 5.91 Å². The van der Waals surface area contributed by atoms with Crippen LogP contribution in [0.25, 0.3) is 0 Å². The monoisotopic (exact) mass is 457 g/mol. The number of halogens is 2. The number of rotatable bonds is 5. The zero-order chi connectivity index (χ0) is 21.8. The molecule has 5 atom stereocenters. The van der Waals surface area contributed by atoms with E-state index in [1.165, 1.54) is 18.4 Å². The third kappa shape index (κ3) is 3.85. The van der Waals surface area contributed by atoms with Gasteiger partial charge in [-0.15, -0.1) is 0 Å². The number of carbonyl (C=O) groups is 1. The molecule has 1 aliphatic heterocycles. The Morgan fingerprint density at radius 2 is 1.84 bits per heavy atom. The van der Waals surface area contributed by atoms with Gasteiger partial charge in [0, 0.05) is 22.0 Å². The molecule has 1 saturated heterocycles. The van der Waals surface area contributed by atoms with E-state index in [4.69, 9.17) is 27.9 Å². The van der Waals surface area contributed by atoms with Crippen molar-refractivity contribution in [1.29, 1.82) is 0 Å². The van der Waals surface area contributed by atoms with Crippen molar-refractivity contribution in [2.45, 2.75) is 57.4 Å². The first kappa shape index (κ1) is 21.2. The first-order valence-corrected chi connectivity index (χ1v) is 12.1. The van der Waals surface area contributed by atoms with E-state index in [9.17, 15) is 4.79 Å². The van der Waals surface area contributed by atoms with Crippen LogP contribution in [0.15, 0.2) is 42.5 Å². The first-order chi connectivity index (χ1) is 14.9. The molecule has 164 valence electrons. The summed E-state index contributed by atoms with van der Waals surface area (Å²) in [5.74, 6) is 2.34. The van der Waals surface area contributed by atoms with Gasteiger partial charge in [-0.05, 0) is 85.8 Å². The second kappa shape index (κ2) is 8.01. The molecule has 2 aromatic rings. The maximum Gasteiger partial charge on any atom is 0.226 e. The summed E-state index contributed by atoms with van der Waals surface area (Å²) < 4.78 is 5.94. The van der Waals surface area contributed by atoms with Crippen LogP contribution in [-0.4, -0.2) is 18.6 Å². The number of fused-ring (bicyclic) bond motifs is 1. The van der Waals surface area contributed by atoms with Gasteiger partial charge < -0.3 is 10.1 Å². The summed E-state index contributed by atoms with van der Waals surface area (Å²) in [4.78, 5) is 12.9. The molecule has 31 heavy (non-hydrogen) atoms. The van der Waals surface area contributed by atoms with Crippen LogP contribution >= 0.6 is 23.2 Å². The lowest BCUT2D eigenvalue weighted by Crippen LogP contribution is -2.42. The van der Waals surface area contributed by atoms with Gasteiger partial charge in [0.1, 0.15) is 5.75 Å². The van der Waals surface area contributed by atoms with Crippen molar-refractivity contribution in [2.75, 3.05) is 6.61 Å². The van der Waals surface area contributed by atoms with Crippen molar-refractivity contribution in [1.82, 2.24) is 5.32 Å². The molecule has 0 radical (unpaired) electrons. The predicted octanol–water partition coefficient (Wildman–Crippen LogP) is 6.58. The van der Waals surface area contributed by atoms with Gasteiger partial charge in [0.05, 0.1) is 12.0 Å². The molecular weight excluding hydrogens is 429 g/mol. The zero-order valence-corrected chi connectivity index (χ0v) is 19.5. The Labute approximate surface area is 194 Å². The standard InChI is InChI=1S/C26H29Cl2NO2/c1-15-24-23(17-5-7-18(27)8-6-17)21(11-12-26(24,2)25(30)29-15)20-10-9-19(13-22(20)28)31-14-16-3-4-16/h5-10,13,15-16,21,23-24H,3-4,11-12,14H2,1-2H3,(H,29,30)/t15-,21+,23+,24+,26-/m1/s1. The Balaban J connectivity index is 1.52. The molecule has 2 aromatic carbocycles. The van der Waals surface area contributed by atoms with E-state index in [2.05, 4.69) is 43.4 Å². The third-order valence-corrected chi connectivity index (χ3v) is 8.34. The summed E-state index contributed by atoms with van der Waals surface area (Å²) in [5, 5.41) is 4.70. The predicted molar refractivity (Wildman–Crippen MR) is 125 cm³/mol. The molecule has 0 spiro atoms. The highest BCUT2D eigenvalue weighted by molar-refractivity contribution is 6.31. The lowest BCUT2D eigenvalue weighted by molar-refractivity contribution is -0.129. The molecule has 0 aromatic heterocycles. The average molecular weight is 458 g/mol. The highest BCUT2D eigenvalue weighted by Crippen LogP contribution is 2.59. The van der Waals surface area contributed by atoms with Gasteiger partial charge in [0.15, 0.2) is 0 Å².